The zero-order valence-electron chi connectivity index (χ0n) is 21.9. The molecule has 7 nitrogen and oxygen atoms in total. The Morgan fingerprint density at radius 2 is 1.51 bits per heavy atom. The van der Waals surface area contributed by atoms with E-state index >= 15 is 0 Å². The van der Waals surface area contributed by atoms with Crippen LogP contribution in [0.15, 0.2) is 118 Å². The van der Waals surface area contributed by atoms with Gasteiger partial charge in [-0.05, 0) is 58.8 Å². The van der Waals surface area contributed by atoms with Crippen LogP contribution in [0.2, 0.25) is 5.02 Å². The highest BCUT2D eigenvalue weighted by Crippen LogP contribution is 2.40. The maximum atomic E-state index is 13.6. The number of benzene rings is 4. The minimum Gasteiger partial charge on any atom is -0.493 e. The molecule has 0 saturated carbocycles. The lowest BCUT2D eigenvalue weighted by molar-refractivity contribution is -0.122. The van der Waals surface area contributed by atoms with Crippen LogP contribution in [-0.2, 0) is 28.0 Å². The first-order valence-electron chi connectivity index (χ1n) is 12.5. The molecule has 10 heteroatoms. The molecule has 1 aliphatic rings. The molecule has 0 unspecified atom stereocenters. The highest BCUT2D eigenvalue weighted by atomic mass is 35.5. The largest absolute Gasteiger partial charge is 0.493 e. The Balaban J connectivity index is 1.45. The van der Waals surface area contributed by atoms with Gasteiger partial charge in [-0.15, -0.1) is 0 Å². The van der Waals surface area contributed by atoms with Gasteiger partial charge in [-0.1, -0.05) is 90.5 Å². The summed E-state index contributed by atoms with van der Waals surface area (Å²) in [6, 6.07) is 30.4. The van der Waals surface area contributed by atoms with Crippen LogP contribution in [-0.4, -0.2) is 31.5 Å². The number of hydrogen-bond acceptors (Lipinski definition) is 7. The molecule has 0 aromatic heterocycles. The SMILES string of the molecule is COc1cc(/C=C2/SC(=NCc3ccccc3)N(Cc3ccccc3)C2=O)cc(Cl)c1OS(=O)(=O)c1ccccc1. The second kappa shape index (κ2) is 12.6. The quantitative estimate of drug-likeness (QED) is 0.154. The number of thioether (sulfide) groups is 1. The van der Waals surface area contributed by atoms with Crippen LogP contribution in [0, 0.1) is 0 Å². The molecule has 41 heavy (non-hydrogen) atoms. The topological polar surface area (TPSA) is 85.3 Å². The zero-order chi connectivity index (χ0) is 28.8. The van der Waals surface area contributed by atoms with Crippen molar-refractivity contribution in [3.8, 4) is 11.5 Å². The Morgan fingerprint density at radius 1 is 0.902 bits per heavy atom. The molecular formula is C31H25ClN2O5S2. The Morgan fingerprint density at radius 3 is 2.15 bits per heavy atom. The van der Waals surface area contributed by atoms with Gasteiger partial charge in [0.2, 0.25) is 5.75 Å². The number of amides is 1. The van der Waals surface area contributed by atoms with Crippen molar-refractivity contribution >= 4 is 50.6 Å². The van der Waals surface area contributed by atoms with E-state index < -0.39 is 10.1 Å². The third kappa shape index (κ3) is 6.82. The van der Waals surface area contributed by atoms with E-state index in [1.165, 1.54) is 37.1 Å². The molecule has 0 spiro atoms. The molecule has 1 amide bonds. The molecule has 4 aromatic rings. The van der Waals surface area contributed by atoms with Crippen LogP contribution in [0.1, 0.15) is 16.7 Å². The lowest BCUT2D eigenvalue weighted by atomic mass is 10.1. The van der Waals surface area contributed by atoms with Crippen molar-refractivity contribution in [1.82, 2.24) is 4.90 Å². The molecule has 208 valence electrons. The summed E-state index contributed by atoms with van der Waals surface area (Å²) < 4.78 is 36.4. The molecule has 0 atom stereocenters. The Kier molecular flexibility index (Phi) is 8.78. The molecule has 1 fully saturated rings. The number of nitrogens with zero attached hydrogens (tertiary/aromatic N) is 2. The number of hydrogen-bond donors (Lipinski definition) is 0. The number of carbonyl (C=O) groups is 1. The lowest BCUT2D eigenvalue weighted by Crippen LogP contribution is -2.28. The standard InChI is InChI=1S/C31H25ClN2O5S2/c1-38-27-18-24(17-26(32)29(27)39-41(36,37)25-15-9-4-10-16-25)19-28-30(35)34(21-23-13-7-3-8-14-23)31(40-28)33-20-22-11-5-2-6-12-22/h2-19H,20-21H2,1H3/b28-19+,33-31?. The number of amidine groups is 1. The van der Waals surface area contributed by atoms with Gasteiger partial charge in [-0.2, -0.15) is 8.42 Å². The number of ether oxygens (including phenoxy) is 1. The number of halogens is 1. The van der Waals surface area contributed by atoms with Gasteiger partial charge in [-0.3, -0.25) is 14.7 Å². The van der Waals surface area contributed by atoms with Gasteiger partial charge in [0.15, 0.2) is 10.9 Å². The van der Waals surface area contributed by atoms with Crippen LogP contribution in [0.4, 0.5) is 0 Å². The maximum Gasteiger partial charge on any atom is 0.339 e. The molecule has 0 aliphatic carbocycles. The van der Waals surface area contributed by atoms with Crippen LogP contribution < -0.4 is 8.92 Å². The summed E-state index contributed by atoms with van der Waals surface area (Å²) in [5, 5.41) is 0.603. The third-order valence-corrected chi connectivity index (χ3v) is 8.65. The number of carbonyl (C=O) groups excluding carboxylic acids is 1. The van der Waals surface area contributed by atoms with Crippen LogP contribution >= 0.6 is 23.4 Å². The average molecular weight is 605 g/mol. The van der Waals surface area contributed by atoms with E-state index in [1.807, 2.05) is 60.7 Å². The minimum atomic E-state index is -4.15. The third-order valence-electron chi connectivity index (χ3n) is 6.09. The highest BCUT2D eigenvalue weighted by Gasteiger charge is 2.33. The number of aliphatic imine (C=N–C) groups is 1. The van der Waals surface area contributed by atoms with Crippen LogP contribution in [0.5, 0.6) is 11.5 Å². The predicted molar refractivity (Wildman–Crippen MR) is 162 cm³/mol. The summed E-state index contributed by atoms with van der Waals surface area (Å²) in [6.07, 6.45) is 1.68. The molecule has 0 N–H and O–H groups in total. The molecule has 0 radical (unpaired) electrons. The fourth-order valence-corrected chi connectivity index (χ4v) is 6.33. The number of methoxy groups -OCH3 is 1. The van der Waals surface area contributed by atoms with Gasteiger partial charge in [0, 0.05) is 0 Å². The minimum absolute atomic E-state index is 0.0157. The molecule has 1 aliphatic heterocycles. The van der Waals surface area contributed by atoms with Crippen molar-refractivity contribution in [3.63, 3.8) is 0 Å². The van der Waals surface area contributed by atoms with Gasteiger partial charge in [0.25, 0.3) is 5.91 Å². The predicted octanol–water partition coefficient (Wildman–Crippen LogP) is 6.79. The van der Waals surface area contributed by atoms with Gasteiger partial charge in [0.1, 0.15) is 4.90 Å². The normalized spacial score (nSPS) is 15.5. The van der Waals surface area contributed by atoms with E-state index in [0.717, 1.165) is 11.1 Å². The van der Waals surface area contributed by atoms with Crippen molar-refractivity contribution in [2.24, 2.45) is 4.99 Å². The van der Waals surface area contributed by atoms with Gasteiger partial charge < -0.3 is 8.92 Å². The van der Waals surface area contributed by atoms with Gasteiger partial charge >= 0.3 is 10.1 Å². The molecule has 5 rings (SSSR count). The smallest absolute Gasteiger partial charge is 0.339 e. The molecular weight excluding hydrogens is 580 g/mol. The van der Waals surface area contributed by atoms with Crippen molar-refractivity contribution in [2.75, 3.05) is 7.11 Å². The monoisotopic (exact) mass is 604 g/mol. The maximum absolute atomic E-state index is 13.6. The fourth-order valence-electron chi connectivity index (χ4n) is 4.07. The van der Waals surface area contributed by atoms with Crippen molar-refractivity contribution in [2.45, 2.75) is 18.0 Å². The summed E-state index contributed by atoms with van der Waals surface area (Å²) >= 11 is 7.75. The van der Waals surface area contributed by atoms with Crippen molar-refractivity contribution < 1.29 is 22.1 Å². The summed E-state index contributed by atoms with van der Waals surface area (Å²) in [5.74, 6) is -0.229. The summed E-state index contributed by atoms with van der Waals surface area (Å²) in [5.41, 5.74) is 2.54. The summed E-state index contributed by atoms with van der Waals surface area (Å²) in [7, 11) is -2.76. The lowest BCUT2D eigenvalue weighted by Gasteiger charge is -2.15. The number of rotatable bonds is 9. The Bertz CT molecular complexity index is 1710. The second-order valence-corrected chi connectivity index (χ2v) is 11.9. The van der Waals surface area contributed by atoms with Crippen molar-refractivity contribution in [3.05, 3.63) is 130 Å². The van der Waals surface area contributed by atoms with E-state index in [4.69, 9.17) is 25.5 Å². The van der Waals surface area contributed by atoms with E-state index in [0.29, 0.717) is 28.7 Å². The molecule has 0 bridgehead atoms. The van der Waals surface area contributed by atoms with Crippen molar-refractivity contribution in [1.29, 1.82) is 0 Å². The van der Waals surface area contributed by atoms with Gasteiger partial charge in [-0.25, -0.2) is 0 Å². The highest BCUT2D eigenvalue weighted by molar-refractivity contribution is 8.18. The van der Waals surface area contributed by atoms with Gasteiger partial charge in [0.05, 0.1) is 30.1 Å². The zero-order valence-corrected chi connectivity index (χ0v) is 24.3. The molecule has 4 aromatic carbocycles. The average Bonchev–Trinajstić information content (AvgIpc) is 3.28. The van der Waals surface area contributed by atoms with E-state index in [1.54, 1.807) is 35.2 Å². The molecule has 1 saturated heterocycles. The van der Waals surface area contributed by atoms with Crippen LogP contribution in [0.25, 0.3) is 6.08 Å². The first-order valence-corrected chi connectivity index (χ1v) is 15.1. The van der Waals surface area contributed by atoms with E-state index in [9.17, 15) is 13.2 Å². The Hall–Kier alpha value is -4.05. The first-order chi connectivity index (χ1) is 19.8. The first kappa shape index (κ1) is 28.5. The van der Waals surface area contributed by atoms with E-state index in [2.05, 4.69) is 0 Å². The second-order valence-electron chi connectivity index (χ2n) is 8.96. The Labute approximate surface area is 248 Å². The summed E-state index contributed by atoms with van der Waals surface area (Å²) in [4.78, 5) is 20.4. The van der Waals surface area contributed by atoms with Crippen LogP contribution in [0.3, 0.4) is 0 Å². The van der Waals surface area contributed by atoms with E-state index in [-0.39, 0.29) is 27.3 Å². The summed E-state index contributed by atoms with van der Waals surface area (Å²) in [6.45, 7) is 0.794. The molecule has 1 heterocycles. The fraction of sp³-hybridized carbons (Fsp3) is 0.0968.